The maximum atomic E-state index is 10.4. The van der Waals surface area contributed by atoms with Crippen molar-refractivity contribution in [1.82, 2.24) is 4.98 Å². The first-order valence-electron chi connectivity index (χ1n) is 8.16. The number of phenolic OH excluding ortho intramolecular Hbond substituents is 1. The molecule has 0 saturated heterocycles. The van der Waals surface area contributed by atoms with E-state index in [0.717, 1.165) is 11.3 Å². The van der Waals surface area contributed by atoms with Gasteiger partial charge in [0.25, 0.3) is 0 Å². The second kappa shape index (κ2) is 6.78. The minimum atomic E-state index is 0.373. The average Bonchev–Trinajstić information content (AvgIpc) is 2.57. The lowest BCUT2D eigenvalue weighted by Crippen LogP contribution is -2.09. The number of aryl methyl sites for hydroxylation is 1. The summed E-state index contributed by atoms with van der Waals surface area (Å²) in [5.74, 6) is 0.891. The molecule has 1 aliphatic rings. The zero-order valence-corrected chi connectivity index (χ0v) is 13.1. The van der Waals surface area contributed by atoms with Crippen LogP contribution in [0.25, 0.3) is 11.6 Å². The van der Waals surface area contributed by atoms with Crippen molar-refractivity contribution < 1.29 is 5.11 Å². The molecule has 1 saturated carbocycles. The maximum absolute atomic E-state index is 10.4. The summed E-state index contributed by atoms with van der Waals surface area (Å²) in [6.45, 7) is 2.07. The first-order valence-corrected chi connectivity index (χ1v) is 8.16. The molecule has 0 bridgehead atoms. The number of benzene rings is 1. The molecule has 114 valence electrons. The maximum Gasteiger partial charge on any atom is 0.123 e. The van der Waals surface area contributed by atoms with E-state index < -0.39 is 0 Å². The van der Waals surface area contributed by atoms with Crippen LogP contribution in [0, 0.1) is 12.8 Å². The third kappa shape index (κ3) is 3.38. The van der Waals surface area contributed by atoms with E-state index in [1.54, 1.807) is 6.07 Å². The molecule has 0 atom stereocenters. The Morgan fingerprint density at radius 2 is 1.95 bits per heavy atom. The molecule has 0 unspecified atom stereocenters. The van der Waals surface area contributed by atoms with Crippen molar-refractivity contribution in [3.8, 4) is 5.75 Å². The highest BCUT2D eigenvalue weighted by Crippen LogP contribution is 2.39. The summed E-state index contributed by atoms with van der Waals surface area (Å²) in [7, 11) is 0. The van der Waals surface area contributed by atoms with Crippen LogP contribution in [0.5, 0.6) is 5.75 Å². The molecule has 0 radical (unpaired) electrons. The predicted molar refractivity (Wildman–Crippen MR) is 91.5 cm³/mol. The van der Waals surface area contributed by atoms with Crippen LogP contribution in [0.4, 0.5) is 0 Å². The molecule has 1 fully saturated rings. The number of hydrogen-bond donors (Lipinski definition) is 1. The highest BCUT2D eigenvalue weighted by atomic mass is 16.3. The number of rotatable bonds is 3. The van der Waals surface area contributed by atoms with Crippen LogP contribution in [-0.4, -0.2) is 10.1 Å². The largest absolute Gasteiger partial charge is 0.507 e. The molecule has 2 heteroatoms. The minimum absolute atomic E-state index is 0.373. The highest BCUT2D eigenvalue weighted by molar-refractivity contribution is 5.84. The molecule has 2 aromatic rings. The van der Waals surface area contributed by atoms with Crippen LogP contribution in [0.2, 0.25) is 0 Å². The van der Waals surface area contributed by atoms with Crippen LogP contribution < -0.4 is 0 Å². The van der Waals surface area contributed by atoms with E-state index >= 15 is 0 Å². The first-order chi connectivity index (χ1) is 10.7. The summed E-state index contributed by atoms with van der Waals surface area (Å²) in [6, 6.07) is 11.8. The van der Waals surface area contributed by atoms with E-state index in [0.29, 0.717) is 11.7 Å². The Morgan fingerprint density at radius 3 is 2.68 bits per heavy atom. The Labute approximate surface area is 132 Å². The fraction of sp³-hybridized carbons (Fsp3) is 0.350. The summed E-state index contributed by atoms with van der Waals surface area (Å²) in [4.78, 5) is 4.43. The summed E-state index contributed by atoms with van der Waals surface area (Å²) in [6.07, 6.45) is 10.3. The smallest absolute Gasteiger partial charge is 0.123 e. The van der Waals surface area contributed by atoms with Crippen LogP contribution in [-0.2, 0) is 0 Å². The van der Waals surface area contributed by atoms with E-state index in [4.69, 9.17) is 0 Å². The van der Waals surface area contributed by atoms with E-state index in [1.807, 2.05) is 30.5 Å². The zero-order valence-electron chi connectivity index (χ0n) is 13.1. The van der Waals surface area contributed by atoms with Gasteiger partial charge >= 0.3 is 0 Å². The molecular formula is C20H23NO. The third-order valence-electron chi connectivity index (χ3n) is 4.50. The van der Waals surface area contributed by atoms with Gasteiger partial charge in [-0.05, 0) is 61.6 Å². The average molecular weight is 293 g/mol. The van der Waals surface area contributed by atoms with Crippen molar-refractivity contribution in [2.45, 2.75) is 39.0 Å². The topological polar surface area (TPSA) is 33.1 Å². The highest BCUT2D eigenvalue weighted by Gasteiger charge is 2.21. The Kier molecular flexibility index (Phi) is 4.57. The minimum Gasteiger partial charge on any atom is -0.507 e. The zero-order chi connectivity index (χ0) is 15.4. The summed E-state index contributed by atoms with van der Waals surface area (Å²) >= 11 is 0. The fourth-order valence-corrected chi connectivity index (χ4v) is 3.33. The molecule has 0 aliphatic heterocycles. The third-order valence-corrected chi connectivity index (χ3v) is 4.50. The molecule has 0 amide bonds. The molecule has 1 aliphatic carbocycles. The van der Waals surface area contributed by atoms with Crippen molar-refractivity contribution in [1.29, 1.82) is 0 Å². The summed E-state index contributed by atoms with van der Waals surface area (Å²) in [5, 5.41) is 10.4. The second-order valence-electron chi connectivity index (χ2n) is 6.21. The van der Waals surface area contributed by atoms with Crippen LogP contribution in [0.15, 0.2) is 42.6 Å². The number of phenols is 1. The summed E-state index contributed by atoms with van der Waals surface area (Å²) < 4.78 is 0. The molecule has 1 aromatic heterocycles. The van der Waals surface area contributed by atoms with Crippen LogP contribution in [0.1, 0.15) is 48.9 Å². The number of hydrogen-bond acceptors (Lipinski definition) is 2. The van der Waals surface area contributed by atoms with E-state index in [2.05, 4.69) is 24.1 Å². The quantitative estimate of drug-likeness (QED) is 0.842. The molecule has 22 heavy (non-hydrogen) atoms. The van der Waals surface area contributed by atoms with Crippen molar-refractivity contribution in [3.05, 3.63) is 59.4 Å². The second-order valence-corrected chi connectivity index (χ2v) is 6.21. The normalized spacial score (nSPS) is 16.7. The van der Waals surface area contributed by atoms with E-state index in [1.165, 1.54) is 43.2 Å². The van der Waals surface area contributed by atoms with Gasteiger partial charge < -0.3 is 5.11 Å². The van der Waals surface area contributed by atoms with Gasteiger partial charge in [0.1, 0.15) is 5.75 Å². The molecule has 3 rings (SSSR count). The number of nitrogens with zero attached hydrogens (tertiary/aromatic N) is 1. The lowest BCUT2D eigenvalue weighted by Gasteiger charge is -2.25. The lowest BCUT2D eigenvalue weighted by atomic mass is 9.80. The van der Waals surface area contributed by atoms with Gasteiger partial charge in [-0.1, -0.05) is 37.0 Å². The number of pyridine rings is 1. The van der Waals surface area contributed by atoms with Crippen molar-refractivity contribution in [2.24, 2.45) is 5.92 Å². The van der Waals surface area contributed by atoms with Crippen LogP contribution in [0.3, 0.4) is 0 Å². The van der Waals surface area contributed by atoms with Gasteiger partial charge in [0.2, 0.25) is 0 Å². The van der Waals surface area contributed by atoms with Gasteiger partial charge in [-0.15, -0.1) is 0 Å². The Morgan fingerprint density at radius 1 is 1.14 bits per heavy atom. The number of aromatic nitrogens is 1. The first kappa shape index (κ1) is 14.8. The van der Waals surface area contributed by atoms with Gasteiger partial charge in [-0.2, -0.15) is 0 Å². The molecule has 0 spiro atoms. The van der Waals surface area contributed by atoms with Crippen molar-refractivity contribution >= 4 is 11.6 Å². The SMILES string of the molecule is Cc1ccc(O)c(C(=Cc2ccccn2)C2CCCCC2)c1. The fourth-order valence-electron chi connectivity index (χ4n) is 3.33. The molecule has 2 nitrogen and oxygen atoms in total. The monoisotopic (exact) mass is 293 g/mol. The lowest BCUT2D eigenvalue weighted by molar-refractivity contribution is 0.426. The number of allylic oxidation sites excluding steroid dienone is 1. The van der Waals surface area contributed by atoms with Gasteiger partial charge in [0.05, 0.1) is 5.69 Å². The Hall–Kier alpha value is -2.09. The van der Waals surface area contributed by atoms with E-state index in [-0.39, 0.29) is 0 Å². The molecule has 1 aromatic carbocycles. The van der Waals surface area contributed by atoms with E-state index in [9.17, 15) is 5.11 Å². The predicted octanol–water partition coefficient (Wildman–Crippen LogP) is 5.22. The van der Waals surface area contributed by atoms with Crippen molar-refractivity contribution in [2.75, 3.05) is 0 Å². The summed E-state index contributed by atoms with van der Waals surface area (Å²) in [5.41, 5.74) is 4.34. The van der Waals surface area contributed by atoms with Gasteiger partial charge in [0.15, 0.2) is 0 Å². The standard InChI is InChI=1S/C20H23NO/c1-15-10-11-20(22)19(13-15)18(16-7-3-2-4-8-16)14-17-9-5-6-12-21-17/h5-6,9-14,16,22H,2-4,7-8H2,1H3. The van der Waals surface area contributed by atoms with Crippen LogP contribution >= 0.6 is 0 Å². The molecule has 1 N–H and O–H groups in total. The Bertz CT molecular complexity index is 655. The van der Waals surface area contributed by atoms with Gasteiger partial charge in [-0.3, -0.25) is 4.98 Å². The Balaban J connectivity index is 2.06. The molecule has 1 heterocycles. The number of aromatic hydroxyl groups is 1. The van der Waals surface area contributed by atoms with Crippen molar-refractivity contribution in [3.63, 3.8) is 0 Å². The molecular weight excluding hydrogens is 270 g/mol. The van der Waals surface area contributed by atoms with Gasteiger partial charge in [-0.25, -0.2) is 0 Å². The van der Waals surface area contributed by atoms with Gasteiger partial charge in [0, 0.05) is 11.8 Å².